The summed E-state index contributed by atoms with van der Waals surface area (Å²) in [6.45, 7) is 7.81. The molecule has 0 aromatic heterocycles. The molecule has 0 amide bonds. The van der Waals surface area contributed by atoms with E-state index in [0.29, 0.717) is 18.4 Å². The fraction of sp³-hybridized carbons (Fsp3) is 0.750. The second kappa shape index (κ2) is 6.88. The van der Waals surface area contributed by atoms with Gasteiger partial charge in [-0.05, 0) is 50.5 Å². The lowest BCUT2D eigenvalue weighted by atomic mass is 9.46. The summed E-state index contributed by atoms with van der Waals surface area (Å²) in [5.74, 6) is -2.56. The van der Waals surface area contributed by atoms with Crippen LogP contribution >= 0.6 is 0 Å². The van der Waals surface area contributed by atoms with Crippen molar-refractivity contribution in [2.45, 2.75) is 84.1 Å². The SMILES string of the molecule is CC(=O)OC1C[C@@]2(C)[C@@H](CC[C@]2(OC(C)=O)C(C)=O)[C@@H]2[C@@H]3O[C@@H]3C3=CC(=O)O[C@H](O)[C@]3(C)[C@@H]12. The summed E-state index contributed by atoms with van der Waals surface area (Å²) >= 11 is 0. The van der Waals surface area contributed by atoms with Crippen LogP contribution in [0.5, 0.6) is 0 Å². The fourth-order valence-electron chi connectivity index (χ4n) is 7.95. The molecule has 5 aliphatic rings. The van der Waals surface area contributed by atoms with Crippen LogP contribution in [-0.2, 0) is 38.1 Å². The van der Waals surface area contributed by atoms with Crippen LogP contribution in [-0.4, -0.2) is 59.0 Å². The number of esters is 3. The summed E-state index contributed by atoms with van der Waals surface area (Å²) < 4.78 is 22.9. The van der Waals surface area contributed by atoms with Crippen LogP contribution in [0.1, 0.15) is 53.9 Å². The van der Waals surface area contributed by atoms with E-state index in [1.807, 2.05) is 13.8 Å². The van der Waals surface area contributed by atoms with Crippen molar-refractivity contribution in [2.75, 3.05) is 0 Å². The number of Topliss-reactive ketones (excluding diaryl/α,β-unsaturated/α-hetero) is 1. The zero-order valence-electron chi connectivity index (χ0n) is 19.5. The Hall–Kier alpha value is -2.26. The average molecular weight is 462 g/mol. The van der Waals surface area contributed by atoms with Crippen molar-refractivity contribution < 1.29 is 43.2 Å². The predicted molar refractivity (Wildman–Crippen MR) is 110 cm³/mol. The van der Waals surface area contributed by atoms with E-state index in [4.69, 9.17) is 18.9 Å². The number of carbonyl (C=O) groups is 4. The molecule has 2 heterocycles. The van der Waals surface area contributed by atoms with Crippen LogP contribution in [0.2, 0.25) is 0 Å². The van der Waals surface area contributed by atoms with Gasteiger partial charge in [-0.1, -0.05) is 6.92 Å². The molecule has 9 nitrogen and oxygen atoms in total. The lowest BCUT2D eigenvalue weighted by Gasteiger charge is -2.60. The van der Waals surface area contributed by atoms with Crippen LogP contribution in [0.3, 0.4) is 0 Å². The topological polar surface area (TPSA) is 129 Å². The van der Waals surface area contributed by atoms with Gasteiger partial charge in [0.05, 0.1) is 11.5 Å². The van der Waals surface area contributed by atoms with Crippen LogP contribution in [0.4, 0.5) is 0 Å². The highest BCUT2D eigenvalue weighted by Crippen LogP contribution is 2.71. The molecule has 0 radical (unpaired) electrons. The van der Waals surface area contributed by atoms with Gasteiger partial charge >= 0.3 is 17.9 Å². The van der Waals surface area contributed by atoms with Crippen molar-refractivity contribution in [1.29, 1.82) is 0 Å². The fourth-order valence-corrected chi connectivity index (χ4v) is 7.95. The van der Waals surface area contributed by atoms with Crippen LogP contribution in [0.25, 0.3) is 0 Å². The zero-order valence-corrected chi connectivity index (χ0v) is 19.5. The molecule has 33 heavy (non-hydrogen) atoms. The predicted octanol–water partition coefficient (Wildman–Crippen LogP) is 1.45. The number of cyclic esters (lactones) is 1. The summed E-state index contributed by atoms with van der Waals surface area (Å²) in [4.78, 5) is 49.3. The van der Waals surface area contributed by atoms with Gasteiger partial charge < -0.3 is 24.1 Å². The van der Waals surface area contributed by atoms with E-state index >= 15 is 0 Å². The molecule has 180 valence electrons. The van der Waals surface area contributed by atoms with Gasteiger partial charge in [-0.15, -0.1) is 0 Å². The molecule has 0 aromatic carbocycles. The first-order valence-electron chi connectivity index (χ1n) is 11.5. The molecular formula is C24H30O9. The van der Waals surface area contributed by atoms with E-state index < -0.39 is 52.7 Å². The standard InChI is InChI=1S/C24H30O9/c1-10(25)24(33-12(3)27)7-6-13-17-18(15(30-11(2)26)9-22(13,24)4)23(5)14(19-20(17)32-19)8-16(28)31-21(23)29/h8,13,15,17-21,29H,6-7,9H2,1-5H3/t13-,15?,17-,18-,19+,20-,21-,22-,23-,24-/m0/s1. The average Bonchev–Trinajstić information content (AvgIpc) is 3.42. The van der Waals surface area contributed by atoms with E-state index in [1.54, 1.807) is 0 Å². The van der Waals surface area contributed by atoms with Crippen molar-refractivity contribution in [2.24, 2.45) is 28.6 Å². The molecule has 1 N–H and O–H groups in total. The highest BCUT2D eigenvalue weighted by Gasteiger charge is 2.77. The summed E-state index contributed by atoms with van der Waals surface area (Å²) in [5.41, 5.74) is -2.48. The summed E-state index contributed by atoms with van der Waals surface area (Å²) in [6, 6.07) is 0. The number of hydrogen-bond acceptors (Lipinski definition) is 9. The Labute approximate surface area is 191 Å². The molecule has 5 rings (SSSR count). The number of ether oxygens (including phenoxy) is 4. The van der Waals surface area contributed by atoms with Crippen LogP contribution in [0, 0.1) is 28.6 Å². The van der Waals surface area contributed by atoms with E-state index in [9.17, 15) is 24.3 Å². The smallest absolute Gasteiger partial charge is 0.333 e. The summed E-state index contributed by atoms with van der Waals surface area (Å²) in [6.07, 6.45) is -0.0623. The molecule has 1 unspecified atom stereocenters. The van der Waals surface area contributed by atoms with Crippen molar-refractivity contribution in [3.63, 3.8) is 0 Å². The monoisotopic (exact) mass is 462 g/mol. The summed E-state index contributed by atoms with van der Waals surface area (Å²) in [7, 11) is 0. The number of rotatable bonds is 3. The van der Waals surface area contributed by atoms with Crippen molar-refractivity contribution in [3.05, 3.63) is 11.6 Å². The molecular weight excluding hydrogens is 432 g/mol. The molecule has 3 saturated carbocycles. The van der Waals surface area contributed by atoms with E-state index in [2.05, 4.69) is 0 Å². The Morgan fingerprint density at radius 2 is 1.85 bits per heavy atom. The Morgan fingerprint density at radius 1 is 1.15 bits per heavy atom. The highest BCUT2D eigenvalue weighted by atomic mass is 16.6. The van der Waals surface area contributed by atoms with Gasteiger partial charge in [-0.2, -0.15) is 0 Å². The van der Waals surface area contributed by atoms with Gasteiger partial charge in [0, 0.05) is 31.3 Å². The maximum absolute atomic E-state index is 13.0. The first-order valence-corrected chi connectivity index (χ1v) is 11.5. The number of aliphatic hydroxyl groups excluding tert-OH is 1. The quantitative estimate of drug-likeness (QED) is 0.376. The molecule has 10 atom stereocenters. The van der Waals surface area contributed by atoms with Gasteiger partial charge in [0.15, 0.2) is 11.4 Å². The van der Waals surface area contributed by atoms with Crippen molar-refractivity contribution >= 4 is 23.7 Å². The van der Waals surface area contributed by atoms with E-state index in [-0.39, 0.29) is 36.2 Å². The lowest BCUT2D eigenvalue weighted by molar-refractivity contribution is -0.236. The van der Waals surface area contributed by atoms with E-state index in [1.165, 1.54) is 26.8 Å². The third kappa shape index (κ3) is 2.78. The van der Waals surface area contributed by atoms with Crippen LogP contribution < -0.4 is 0 Å². The number of aliphatic hydroxyl groups is 1. The van der Waals surface area contributed by atoms with E-state index in [0.717, 1.165) is 0 Å². The number of carbonyl (C=O) groups excluding carboxylic acids is 4. The Bertz CT molecular complexity index is 986. The number of hydrogen-bond donors (Lipinski definition) is 1. The third-order valence-corrected chi connectivity index (χ3v) is 9.20. The molecule has 3 aliphatic carbocycles. The van der Waals surface area contributed by atoms with Crippen molar-refractivity contribution in [3.8, 4) is 0 Å². The Kier molecular flexibility index (Phi) is 4.70. The third-order valence-electron chi connectivity index (χ3n) is 9.20. The van der Waals surface area contributed by atoms with Gasteiger partial charge in [0.1, 0.15) is 12.2 Å². The normalized spacial score (nSPS) is 49.3. The largest absolute Gasteiger partial charge is 0.462 e. The van der Waals surface area contributed by atoms with Gasteiger partial charge in [0.25, 0.3) is 0 Å². The molecule has 0 aromatic rings. The van der Waals surface area contributed by atoms with Crippen LogP contribution in [0.15, 0.2) is 11.6 Å². The minimum absolute atomic E-state index is 0.0873. The second-order valence-electron chi connectivity index (χ2n) is 10.7. The molecule has 2 aliphatic heterocycles. The first kappa shape index (κ1) is 22.5. The lowest BCUT2D eigenvalue weighted by Crippen LogP contribution is -2.66. The Balaban J connectivity index is 1.66. The molecule has 0 bridgehead atoms. The minimum atomic E-state index is -1.42. The number of epoxide rings is 1. The summed E-state index contributed by atoms with van der Waals surface area (Å²) in [5, 5.41) is 11.0. The number of ketones is 1. The molecule has 1 saturated heterocycles. The highest BCUT2D eigenvalue weighted by molar-refractivity contribution is 5.89. The van der Waals surface area contributed by atoms with Gasteiger partial charge in [0.2, 0.25) is 6.29 Å². The zero-order chi connectivity index (χ0) is 24.1. The second-order valence-corrected chi connectivity index (χ2v) is 10.7. The first-order chi connectivity index (χ1) is 15.4. The Morgan fingerprint density at radius 3 is 2.45 bits per heavy atom. The minimum Gasteiger partial charge on any atom is -0.462 e. The van der Waals surface area contributed by atoms with Crippen molar-refractivity contribution in [1.82, 2.24) is 0 Å². The number of fused-ring (bicyclic) bond motifs is 8. The maximum atomic E-state index is 13.0. The molecule has 9 heteroatoms. The molecule has 0 spiro atoms. The molecule has 4 fully saturated rings. The maximum Gasteiger partial charge on any atom is 0.333 e. The van der Waals surface area contributed by atoms with Gasteiger partial charge in [-0.3, -0.25) is 14.4 Å². The van der Waals surface area contributed by atoms with Gasteiger partial charge in [-0.25, -0.2) is 4.79 Å².